The van der Waals surface area contributed by atoms with Gasteiger partial charge in [-0.25, -0.2) is 9.67 Å². The molecule has 5 aromatic rings. The van der Waals surface area contributed by atoms with Crippen molar-refractivity contribution in [3.05, 3.63) is 148 Å². The lowest BCUT2D eigenvalue weighted by molar-refractivity contribution is -0.143. The fourth-order valence-corrected chi connectivity index (χ4v) is 9.95. The summed E-state index contributed by atoms with van der Waals surface area (Å²) in [6.45, 7) is 23.3. The second-order valence-electron chi connectivity index (χ2n) is 20.8. The first-order chi connectivity index (χ1) is 41.6. The molecule has 0 radical (unpaired) electrons. The van der Waals surface area contributed by atoms with E-state index < -0.39 is 6.04 Å². The number of carbonyl (C=O) groups excluding carboxylic acids is 4. The van der Waals surface area contributed by atoms with Crippen molar-refractivity contribution in [2.45, 2.75) is 84.0 Å². The Morgan fingerprint density at radius 1 is 0.802 bits per heavy atom. The van der Waals surface area contributed by atoms with Gasteiger partial charge in [0.2, 0.25) is 24.1 Å². The lowest BCUT2D eigenvalue weighted by Crippen LogP contribution is -2.49. The van der Waals surface area contributed by atoms with Crippen LogP contribution in [-0.2, 0) is 59.2 Å². The van der Waals surface area contributed by atoms with Crippen LogP contribution in [0.5, 0.6) is 11.5 Å². The zero-order chi connectivity index (χ0) is 62.1. The number of nitrogens with one attached hydrogen (secondary N) is 3. The third-order valence-corrected chi connectivity index (χ3v) is 15.5. The standard InChI is InChI=1S/C52H69Cl2N7O8.C11H18N4OS/c1-7-11-42(8-2)40(5)56-52(64)51(43-15-22-48(53)49(54)36-43)61(39(3)4)50(63)23-14-41-12-18-46(19-13-41)68-28-10-9-25-59(6)26-30-66-33-32-65-29-24-45-37-60(58-57-45)27-31-67-34-35-69-47-20-16-44(17-21-47)55-38-62;1-12-11-13-9(8-17-11)7-10(16)15-5-3-14(2)4-6-15/h7-8,11-13,15-22,36-40,51H,1-2,9-10,14,23-35H2,3-6H3,(H,55,62)(H,56,64);8H,3-7H2,1-2H3,(H,12,13)/b42-11+;. The molecular formula is C63H87Cl2N11O9S. The normalized spacial score (nSPS) is 13.3. The fourth-order valence-electron chi connectivity index (χ4n) is 8.97. The summed E-state index contributed by atoms with van der Waals surface area (Å²) in [5.41, 5.74) is 4.76. The number of likely N-dealkylation sites (N-methyl/N-ethyl adjacent to an activating group) is 2. The summed E-state index contributed by atoms with van der Waals surface area (Å²) in [6, 6.07) is 18.3. The van der Waals surface area contributed by atoms with E-state index in [0.717, 1.165) is 85.5 Å². The first kappa shape index (κ1) is 70.1. The number of aromatic nitrogens is 4. The van der Waals surface area contributed by atoms with Gasteiger partial charge in [0.05, 0.1) is 86.7 Å². The number of amides is 4. The van der Waals surface area contributed by atoms with E-state index in [9.17, 15) is 19.2 Å². The number of rotatable bonds is 38. The molecule has 3 heterocycles. The molecule has 1 saturated heterocycles. The van der Waals surface area contributed by atoms with Gasteiger partial charge in [-0.1, -0.05) is 78.0 Å². The molecule has 20 nitrogen and oxygen atoms in total. The van der Waals surface area contributed by atoms with Gasteiger partial charge < -0.3 is 59.2 Å². The van der Waals surface area contributed by atoms with Gasteiger partial charge in [-0.05, 0) is 126 Å². The third kappa shape index (κ3) is 25.3. The van der Waals surface area contributed by atoms with Crippen molar-refractivity contribution < 1.29 is 42.9 Å². The Kier molecular flexibility index (Phi) is 31.9. The molecule has 1 aliphatic heterocycles. The monoisotopic (exact) mass is 1240 g/mol. The Labute approximate surface area is 521 Å². The minimum atomic E-state index is -0.942. The molecule has 0 saturated carbocycles. The number of unbranched alkanes of at least 4 members (excludes halogenated alkanes) is 1. The highest BCUT2D eigenvalue weighted by Gasteiger charge is 2.34. The largest absolute Gasteiger partial charge is 0.494 e. The predicted molar refractivity (Wildman–Crippen MR) is 342 cm³/mol. The number of halogens is 2. The summed E-state index contributed by atoms with van der Waals surface area (Å²) in [5, 5.41) is 20.5. The number of nitrogens with zero attached hydrogens (tertiary/aromatic N) is 8. The van der Waals surface area contributed by atoms with E-state index in [0.29, 0.717) is 112 Å². The first-order valence-electron chi connectivity index (χ1n) is 29.2. The molecule has 0 aliphatic carbocycles. The minimum absolute atomic E-state index is 0.166. The van der Waals surface area contributed by atoms with Crippen LogP contribution in [0.2, 0.25) is 10.0 Å². The highest BCUT2D eigenvalue weighted by molar-refractivity contribution is 7.13. The van der Waals surface area contributed by atoms with Crippen LogP contribution in [0.1, 0.15) is 68.6 Å². The quantitative estimate of drug-likeness (QED) is 0.0192. The number of benzene rings is 3. The maximum atomic E-state index is 14.0. The van der Waals surface area contributed by atoms with Crippen molar-refractivity contribution in [1.29, 1.82) is 0 Å². The zero-order valence-corrected chi connectivity index (χ0v) is 53.1. The van der Waals surface area contributed by atoms with Crippen molar-refractivity contribution in [3.8, 4) is 11.5 Å². The summed E-state index contributed by atoms with van der Waals surface area (Å²) < 4.78 is 30.6. The number of anilines is 2. The van der Waals surface area contributed by atoms with Crippen LogP contribution in [0.3, 0.4) is 0 Å². The molecule has 3 N–H and O–H groups in total. The molecule has 4 amide bonds. The van der Waals surface area contributed by atoms with Crippen LogP contribution in [0.15, 0.2) is 115 Å². The Bertz CT molecular complexity index is 2860. The number of allylic oxidation sites excluding steroid dienone is 2. The van der Waals surface area contributed by atoms with Gasteiger partial charge >= 0.3 is 0 Å². The minimum Gasteiger partial charge on any atom is -0.494 e. The number of thiazole rings is 1. The lowest BCUT2D eigenvalue weighted by Gasteiger charge is -2.35. The van der Waals surface area contributed by atoms with Gasteiger partial charge in [0.15, 0.2) is 5.13 Å². The molecule has 1 aliphatic rings. The topological polar surface area (TPSA) is 207 Å². The molecule has 23 heteroatoms. The summed E-state index contributed by atoms with van der Waals surface area (Å²) in [5.74, 6) is 1.15. The Morgan fingerprint density at radius 2 is 1.49 bits per heavy atom. The van der Waals surface area contributed by atoms with Crippen LogP contribution in [0.25, 0.3) is 0 Å². The zero-order valence-electron chi connectivity index (χ0n) is 50.7. The molecule has 86 heavy (non-hydrogen) atoms. The maximum Gasteiger partial charge on any atom is 0.247 e. The number of carbonyl (C=O) groups is 4. The second kappa shape index (κ2) is 39.2. The average molecular weight is 1250 g/mol. The molecule has 3 aromatic carbocycles. The van der Waals surface area contributed by atoms with Gasteiger partial charge in [-0.3, -0.25) is 19.2 Å². The number of ether oxygens (including phenoxy) is 5. The van der Waals surface area contributed by atoms with E-state index in [1.165, 1.54) is 11.3 Å². The molecule has 6 rings (SSSR count). The van der Waals surface area contributed by atoms with E-state index in [1.807, 2.05) is 68.6 Å². The van der Waals surface area contributed by atoms with E-state index in [-0.39, 0.29) is 36.2 Å². The van der Waals surface area contributed by atoms with Crippen LogP contribution in [0.4, 0.5) is 10.8 Å². The van der Waals surface area contributed by atoms with Crippen molar-refractivity contribution in [2.75, 3.05) is 124 Å². The van der Waals surface area contributed by atoms with Crippen molar-refractivity contribution in [3.63, 3.8) is 0 Å². The number of piperazine rings is 1. The average Bonchev–Trinajstić information content (AvgIpc) is 2.92. The number of hydrogen-bond donors (Lipinski definition) is 3. The Hall–Kier alpha value is -6.69. The Balaban J connectivity index is 0.000000674. The van der Waals surface area contributed by atoms with E-state index in [1.54, 1.807) is 70.3 Å². The summed E-state index contributed by atoms with van der Waals surface area (Å²) >= 11 is 14.2. The van der Waals surface area contributed by atoms with Crippen LogP contribution in [0, 0.1) is 0 Å². The highest BCUT2D eigenvalue weighted by Crippen LogP contribution is 2.31. The third-order valence-electron chi connectivity index (χ3n) is 13.9. The molecule has 1 fully saturated rings. The van der Waals surface area contributed by atoms with E-state index in [2.05, 4.69) is 68.3 Å². The number of aryl methyl sites for hydroxylation is 1. The molecule has 0 bridgehead atoms. The second-order valence-corrected chi connectivity index (χ2v) is 22.4. The van der Waals surface area contributed by atoms with Gasteiger partial charge in [0, 0.05) is 75.9 Å². The van der Waals surface area contributed by atoms with Gasteiger partial charge in [0.25, 0.3) is 0 Å². The Morgan fingerprint density at radius 3 is 2.15 bits per heavy atom. The summed E-state index contributed by atoms with van der Waals surface area (Å²) in [4.78, 5) is 62.8. The number of hydrogen-bond acceptors (Lipinski definition) is 16. The van der Waals surface area contributed by atoms with Gasteiger partial charge in [-0.2, -0.15) is 0 Å². The van der Waals surface area contributed by atoms with Gasteiger partial charge in [0.1, 0.15) is 24.1 Å². The maximum absolute atomic E-state index is 14.0. The van der Waals surface area contributed by atoms with Crippen molar-refractivity contribution in [2.24, 2.45) is 0 Å². The lowest BCUT2D eigenvalue weighted by atomic mass is 9.99. The first-order valence-corrected chi connectivity index (χ1v) is 30.8. The van der Waals surface area contributed by atoms with E-state index in [4.69, 9.17) is 46.9 Å². The molecule has 2 unspecified atom stereocenters. The van der Waals surface area contributed by atoms with Crippen LogP contribution < -0.4 is 25.4 Å². The van der Waals surface area contributed by atoms with Crippen molar-refractivity contribution >= 4 is 69.5 Å². The van der Waals surface area contributed by atoms with Crippen LogP contribution in [-0.4, -0.2) is 189 Å². The molecular weight excluding hydrogens is 1160 g/mol. The summed E-state index contributed by atoms with van der Waals surface area (Å²) in [7, 11) is 6.01. The van der Waals surface area contributed by atoms with Gasteiger partial charge in [-0.15, -0.1) is 16.4 Å². The van der Waals surface area contributed by atoms with Crippen LogP contribution >= 0.6 is 34.5 Å². The highest BCUT2D eigenvalue weighted by atomic mass is 35.5. The molecule has 0 spiro atoms. The predicted octanol–water partition coefficient (Wildman–Crippen LogP) is 8.83. The summed E-state index contributed by atoms with van der Waals surface area (Å²) in [6.07, 6.45) is 11.3. The molecule has 2 aromatic heterocycles. The smallest absolute Gasteiger partial charge is 0.247 e. The SMILES string of the molecule is C=C/C=C(\C=C)C(C)NC(=O)C(c1ccc(Cl)c(Cl)c1)N(C(=O)CCc1ccc(OCCCCN(C)CCOCCOCCc2cn(CCOCCOc3ccc(NC=O)cc3)nn2)cc1)C(C)C.CNc1nc(CC(=O)N2CCN(C)CC2)cs1. The molecule has 2 atom stereocenters. The van der Waals surface area contributed by atoms with Crippen molar-refractivity contribution in [1.82, 2.24) is 44.9 Å². The fraction of sp³-hybridized carbons (Fsp3) is 0.476. The van der Waals surface area contributed by atoms with E-state index >= 15 is 0 Å². The molecule has 468 valence electrons.